The molecule has 3 aromatic carbocycles. The Morgan fingerprint density at radius 1 is 0.941 bits per heavy atom. The Hall–Kier alpha value is -4.25. The van der Waals surface area contributed by atoms with E-state index < -0.39 is 16.8 Å². The topological polar surface area (TPSA) is 129 Å². The third-order valence-corrected chi connectivity index (χ3v) is 5.00. The first-order valence-corrected chi connectivity index (χ1v) is 10.4. The number of halogens is 1. The number of amides is 1. The fourth-order valence-corrected chi connectivity index (χ4v) is 3.17. The van der Waals surface area contributed by atoms with Crippen LogP contribution in [0.1, 0.15) is 26.3 Å². The molecule has 174 valence electrons. The molecule has 3 rings (SSSR count). The molecular formula is C23H18BrN3O7. The number of rotatable bonds is 8. The Morgan fingerprint density at radius 3 is 2.24 bits per heavy atom. The van der Waals surface area contributed by atoms with Gasteiger partial charge >= 0.3 is 5.97 Å². The molecular weight excluding hydrogens is 510 g/mol. The normalized spacial score (nSPS) is 10.6. The highest BCUT2D eigenvalue weighted by molar-refractivity contribution is 9.10. The van der Waals surface area contributed by atoms with Crippen molar-refractivity contribution in [2.75, 3.05) is 14.2 Å². The number of non-ortho nitro benzene ring substituents is 1. The van der Waals surface area contributed by atoms with Gasteiger partial charge < -0.3 is 14.2 Å². The molecule has 0 aliphatic rings. The molecule has 1 N–H and O–H groups in total. The number of ether oxygens (including phenoxy) is 3. The fourth-order valence-electron chi connectivity index (χ4n) is 2.79. The number of hydrazone groups is 1. The van der Waals surface area contributed by atoms with E-state index in [-0.39, 0.29) is 22.6 Å². The number of hydrogen-bond acceptors (Lipinski definition) is 8. The SMILES string of the molecule is COc1ccc(C(=O)Oc2ccc(Br)cc2/C=N\NC(=O)c2ccc([N+](=O)[O-])cc2)cc1OC. The van der Waals surface area contributed by atoms with Crippen molar-refractivity contribution in [1.29, 1.82) is 0 Å². The van der Waals surface area contributed by atoms with E-state index >= 15 is 0 Å². The van der Waals surface area contributed by atoms with Crippen LogP contribution in [0.4, 0.5) is 5.69 Å². The van der Waals surface area contributed by atoms with E-state index in [1.807, 2.05) is 0 Å². The van der Waals surface area contributed by atoms with Crippen LogP contribution in [0.3, 0.4) is 0 Å². The summed E-state index contributed by atoms with van der Waals surface area (Å²) >= 11 is 3.34. The Labute approximate surface area is 202 Å². The van der Waals surface area contributed by atoms with Crippen molar-refractivity contribution < 1.29 is 28.7 Å². The quantitative estimate of drug-likeness (QED) is 0.151. The molecule has 0 aliphatic carbocycles. The molecule has 0 atom stereocenters. The number of methoxy groups -OCH3 is 2. The lowest BCUT2D eigenvalue weighted by molar-refractivity contribution is -0.384. The smallest absolute Gasteiger partial charge is 0.343 e. The molecule has 0 heterocycles. The molecule has 3 aromatic rings. The van der Waals surface area contributed by atoms with E-state index in [1.54, 1.807) is 30.3 Å². The first-order chi connectivity index (χ1) is 16.3. The third kappa shape index (κ3) is 5.95. The number of nitrogens with zero attached hydrogens (tertiary/aromatic N) is 2. The summed E-state index contributed by atoms with van der Waals surface area (Å²) in [5, 5.41) is 14.6. The van der Waals surface area contributed by atoms with E-state index in [2.05, 4.69) is 26.5 Å². The van der Waals surface area contributed by atoms with Gasteiger partial charge in [-0.15, -0.1) is 0 Å². The van der Waals surface area contributed by atoms with Crippen molar-refractivity contribution in [3.8, 4) is 17.2 Å². The summed E-state index contributed by atoms with van der Waals surface area (Å²) in [6, 6.07) is 14.6. The lowest BCUT2D eigenvalue weighted by atomic mass is 10.2. The van der Waals surface area contributed by atoms with Gasteiger partial charge in [-0.3, -0.25) is 14.9 Å². The molecule has 0 unspecified atom stereocenters. The first-order valence-electron chi connectivity index (χ1n) is 9.64. The van der Waals surface area contributed by atoms with Crippen molar-refractivity contribution in [3.63, 3.8) is 0 Å². The fraction of sp³-hybridized carbons (Fsp3) is 0.0870. The third-order valence-electron chi connectivity index (χ3n) is 4.50. The number of carbonyl (C=O) groups is 2. The zero-order valence-electron chi connectivity index (χ0n) is 18.0. The Balaban J connectivity index is 1.74. The molecule has 0 fully saturated rings. The average molecular weight is 528 g/mol. The van der Waals surface area contributed by atoms with Crippen molar-refractivity contribution >= 4 is 39.7 Å². The van der Waals surface area contributed by atoms with Gasteiger partial charge in [-0.05, 0) is 48.5 Å². The maximum Gasteiger partial charge on any atom is 0.343 e. The summed E-state index contributed by atoms with van der Waals surface area (Å²) in [5.41, 5.74) is 3.05. The molecule has 0 aliphatic heterocycles. The maximum atomic E-state index is 12.7. The molecule has 11 heteroatoms. The van der Waals surface area contributed by atoms with Gasteiger partial charge in [0, 0.05) is 27.7 Å². The van der Waals surface area contributed by atoms with E-state index in [1.165, 1.54) is 50.8 Å². The van der Waals surface area contributed by atoms with E-state index in [0.29, 0.717) is 21.5 Å². The van der Waals surface area contributed by atoms with Gasteiger partial charge in [0.25, 0.3) is 11.6 Å². The average Bonchev–Trinajstić information content (AvgIpc) is 2.84. The van der Waals surface area contributed by atoms with Crippen molar-refractivity contribution in [2.45, 2.75) is 0 Å². The first kappa shape index (κ1) is 24.4. The lowest BCUT2D eigenvalue weighted by Gasteiger charge is -2.11. The Kier molecular flexibility index (Phi) is 7.93. The van der Waals surface area contributed by atoms with Crippen LogP contribution in [-0.2, 0) is 0 Å². The predicted molar refractivity (Wildman–Crippen MR) is 127 cm³/mol. The van der Waals surface area contributed by atoms with Crippen LogP contribution in [0.5, 0.6) is 17.2 Å². The van der Waals surface area contributed by atoms with Crippen LogP contribution in [0.25, 0.3) is 0 Å². The van der Waals surface area contributed by atoms with Gasteiger partial charge in [-0.1, -0.05) is 15.9 Å². The second-order valence-corrected chi connectivity index (χ2v) is 7.56. The minimum Gasteiger partial charge on any atom is -0.493 e. The van der Waals surface area contributed by atoms with Crippen LogP contribution in [-0.4, -0.2) is 37.2 Å². The zero-order valence-corrected chi connectivity index (χ0v) is 19.6. The van der Waals surface area contributed by atoms with Gasteiger partial charge in [0.1, 0.15) is 5.75 Å². The second kappa shape index (κ2) is 11.1. The van der Waals surface area contributed by atoms with Gasteiger partial charge in [-0.2, -0.15) is 5.10 Å². The zero-order chi connectivity index (χ0) is 24.7. The molecule has 0 radical (unpaired) electrons. The molecule has 10 nitrogen and oxygen atoms in total. The molecule has 1 amide bonds. The molecule has 0 bridgehead atoms. The van der Waals surface area contributed by atoms with Crippen molar-refractivity contribution in [2.24, 2.45) is 5.10 Å². The number of esters is 1. The molecule has 0 spiro atoms. The lowest BCUT2D eigenvalue weighted by Crippen LogP contribution is -2.17. The summed E-state index contributed by atoms with van der Waals surface area (Å²) in [5.74, 6) is -0.142. The number of benzene rings is 3. The van der Waals surface area contributed by atoms with E-state index in [0.717, 1.165) is 0 Å². The standard InChI is InChI=1S/C23H18BrN3O7/c1-32-20-9-5-15(12-21(20)33-2)23(29)34-19-10-6-17(24)11-16(19)13-25-26-22(28)14-3-7-18(8-4-14)27(30)31/h3-13H,1-2H3,(H,26,28)/b25-13-. The van der Waals surface area contributed by atoms with Crippen molar-refractivity contribution in [1.82, 2.24) is 5.43 Å². The van der Waals surface area contributed by atoms with Crippen molar-refractivity contribution in [3.05, 3.63) is 91.9 Å². The minimum atomic E-state index is -0.632. The van der Waals surface area contributed by atoms with Gasteiger partial charge in [0.2, 0.25) is 0 Å². The number of nitro benzene ring substituents is 1. The van der Waals surface area contributed by atoms with E-state index in [9.17, 15) is 19.7 Å². The van der Waals surface area contributed by atoms with Crippen LogP contribution in [0.2, 0.25) is 0 Å². The predicted octanol–water partition coefficient (Wildman–Crippen LogP) is 4.36. The highest BCUT2D eigenvalue weighted by atomic mass is 79.9. The number of carbonyl (C=O) groups excluding carboxylic acids is 2. The number of nitro groups is 1. The van der Waals surface area contributed by atoms with E-state index in [4.69, 9.17) is 14.2 Å². The van der Waals surface area contributed by atoms with Crippen LogP contribution in [0, 0.1) is 10.1 Å². The summed E-state index contributed by atoms with van der Waals surface area (Å²) in [7, 11) is 2.95. The van der Waals surface area contributed by atoms with Gasteiger partial charge in [0.05, 0.1) is 30.9 Å². The summed E-state index contributed by atoms with van der Waals surface area (Å²) < 4.78 is 16.6. The number of hydrogen-bond donors (Lipinski definition) is 1. The Bertz CT molecular complexity index is 1260. The summed E-state index contributed by atoms with van der Waals surface area (Å²) in [4.78, 5) is 35.1. The minimum absolute atomic E-state index is 0.130. The van der Waals surface area contributed by atoms with Crippen LogP contribution in [0.15, 0.2) is 70.2 Å². The highest BCUT2D eigenvalue weighted by Gasteiger charge is 2.15. The molecule has 0 aromatic heterocycles. The highest BCUT2D eigenvalue weighted by Crippen LogP contribution is 2.29. The van der Waals surface area contributed by atoms with Gasteiger partial charge in [-0.25, -0.2) is 10.2 Å². The summed E-state index contributed by atoms with van der Waals surface area (Å²) in [6.07, 6.45) is 1.31. The van der Waals surface area contributed by atoms with Gasteiger partial charge in [0.15, 0.2) is 11.5 Å². The van der Waals surface area contributed by atoms with Crippen LogP contribution < -0.4 is 19.6 Å². The molecule has 34 heavy (non-hydrogen) atoms. The Morgan fingerprint density at radius 2 is 1.59 bits per heavy atom. The second-order valence-electron chi connectivity index (χ2n) is 6.64. The molecule has 0 saturated carbocycles. The number of nitrogens with one attached hydrogen (secondary N) is 1. The molecule has 0 saturated heterocycles. The summed E-state index contributed by atoms with van der Waals surface area (Å²) in [6.45, 7) is 0. The monoisotopic (exact) mass is 527 g/mol. The maximum absolute atomic E-state index is 12.7. The largest absolute Gasteiger partial charge is 0.493 e. The van der Waals surface area contributed by atoms with Crippen LogP contribution >= 0.6 is 15.9 Å².